The molecule has 0 aliphatic heterocycles. The van der Waals surface area contributed by atoms with Crippen LogP contribution in [0.4, 0.5) is 11.6 Å². The highest BCUT2D eigenvalue weighted by Gasteiger charge is 2.11. The van der Waals surface area contributed by atoms with E-state index in [0.717, 1.165) is 5.56 Å². The van der Waals surface area contributed by atoms with Crippen LogP contribution in [-0.4, -0.2) is 15.9 Å². The number of anilines is 2. The summed E-state index contributed by atoms with van der Waals surface area (Å²) in [6, 6.07) is 20.2. The Hall–Kier alpha value is -3.72. The monoisotopic (exact) mass is 329 g/mol. The topological polar surface area (TPSA) is 90.7 Å². The lowest BCUT2D eigenvalue weighted by Crippen LogP contribution is -2.16. The number of hydrogen-bond acceptors (Lipinski definition) is 5. The zero-order valence-electron chi connectivity index (χ0n) is 13.3. The Bertz CT molecular complexity index is 918. The van der Waals surface area contributed by atoms with Crippen molar-refractivity contribution in [2.24, 2.45) is 0 Å². The predicted molar refractivity (Wildman–Crippen MR) is 94.9 cm³/mol. The van der Waals surface area contributed by atoms with Gasteiger partial charge in [0.1, 0.15) is 11.8 Å². The zero-order valence-corrected chi connectivity index (χ0v) is 13.3. The summed E-state index contributed by atoms with van der Waals surface area (Å²) in [6.07, 6.45) is 1.52. The van der Waals surface area contributed by atoms with Crippen molar-refractivity contribution >= 4 is 17.5 Å². The molecule has 0 aliphatic carbocycles. The quantitative estimate of drug-likeness (QED) is 0.750. The van der Waals surface area contributed by atoms with Crippen LogP contribution >= 0.6 is 0 Å². The van der Waals surface area contributed by atoms with Gasteiger partial charge in [0.2, 0.25) is 5.95 Å². The molecule has 1 amide bonds. The average Bonchev–Trinajstić information content (AvgIpc) is 2.68. The summed E-state index contributed by atoms with van der Waals surface area (Å²) in [5.41, 5.74) is 2.15. The van der Waals surface area contributed by atoms with E-state index in [0.29, 0.717) is 23.7 Å². The summed E-state index contributed by atoms with van der Waals surface area (Å²) in [7, 11) is 0. The molecule has 3 rings (SSSR count). The van der Waals surface area contributed by atoms with Gasteiger partial charge in [-0.3, -0.25) is 4.79 Å². The molecule has 0 saturated carbocycles. The SMILES string of the molecule is N#Cc1ccccc1NC(=O)c1ccnc(NCc2ccccc2)n1. The molecule has 0 fully saturated rings. The van der Waals surface area contributed by atoms with E-state index >= 15 is 0 Å². The lowest BCUT2D eigenvalue weighted by atomic mass is 10.2. The van der Waals surface area contributed by atoms with Gasteiger partial charge in [-0.1, -0.05) is 42.5 Å². The molecule has 0 saturated heterocycles. The second-order valence-corrected chi connectivity index (χ2v) is 5.22. The molecule has 122 valence electrons. The van der Waals surface area contributed by atoms with Gasteiger partial charge >= 0.3 is 0 Å². The van der Waals surface area contributed by atoms with Crippen molar-refractivity contribution in [1.29, 1.82) is 5.26 Å². The van der Waals surface area contributed by atoms with Crippen molar-refractivity contribution in [3.63, 3.8) is 0 Å². The van der Waals surface area contributed by atoms with E-state index in [-0.39, 0.29) is 5.69 Å². The molecule has 25 heavy (non-hydrogen) atoms. The van der Waals surface area contributed by atoms with Gasteiger partial charge in [-0.25, -0.2) is 9.97 Å². The summed E-state index contributed by atoms with van der Waals surface area (Å²) < 4.78 is 0. The number of nitrogens with one attached hydrogen (secondary N) is 2. The third-order valence-corrected chi connectivity index (χ3v) is 3.48. The van der Waals surface area contributed by atoms with Crippen LogP contribution in [-0.2, 0) is 6.54 Å². The molecule has 0 unspecified atom stereocenters. The number of carbonyl (C=O) groups is 1. The highest BCUT2D eigenvalue weighted by atomic mass is 16.1. The van der Waals surface area contributed by atoms with Crippen LogP contribution in [0, 0.1) is 11.3 Å². The Kier molecular flexibility index (Phi) is 4.98. The molecule has 1 heterocycles. The number of hydrogen-bond donors (Lipinski definition) is 2. The lowest BCUT2D eigenvalue weighted by molar-refractivity contribution is 0.102. The van der Waals surface area contributed by atoms with Crippen LogP contribution in [0.25, 0.3) is 0 Å². The van der Waals surface area contributed by atoms with Gasteiger partial charge in [-0.15, -0.1) is 0 Å². The van der Waals surface area contributed by atoms with E-state index in [1.807, 2.05) is 36.4 Å². The second kappa shape index (κ2) is 7.70. The van der Waals surface area contributed by atoms with Crippen LogP contribution in [0.15, 0.2) is 66.9 Å². The third kappa shape index (κ3) is 4.18. The lowest BCUT2D eigenvalue weighted by Gasteiger charge is -2.08. The van der Waals surface area contributed by atoms with Gasteiger partial charge in [-0.05, 0) is 23.8 Å². The molecule has 0 spiro atoms. The van der Waals surface area contributed by atoms with Gasteiger partial charge in [0.05, 0.1) is 11.3 Å². The van der Waals surface area contributed by atoms with Crippen LogP contribution < -0.4 is 10.6 Å². The van der Waals surface area contributed by atoms with E-state index in [4.69, 9.17) is 5.26 Å². The molecule has 0 atom stereocenters. The maximum Gasteiger partial charge on any atom is 0.274 e. The molecular weight excluding hydrogens is 314 g/mol. The molecule has 6 nitrogen and oxygen atoms in total. The fourth-order valence-corrected chi connectivity index (χ4v) is 2.22. The Morgan fingerprint density at radius 2 is 1.80 bits per heavy atom. The summed E-state index contributed by atoms with van der Waals surface area (Å²) >= 11 is 0. The van der Waals surface area contributed by atoms with Crippen LogP contribution in [0.3, 0.4) is 0 Å². The predicted octanol–water partition coefficient (Wildman–Crippen LogP) is 3.21. The fourth-order valence-electron chi connectivity index (χ4n) is 2.22. The number of aromatic nitrogens is 2. The van der Waals surface area contributed by atoms with Crippen molar-refractivity contribution in [3.05, 3.63) is 83.7 Å². The standard InChI is InChI=1S/C19H15N5O/c20-12-15-8-4-5-9-16(15)23-18(25)17-10-11-21-19(24-17)22-13-14-6-2-1-3-7-14/h1-11H,13H2,(H,23,25)(H,21,22,24). The molecule has 1 aromatic heterocycles. The van der Waals surface area contributed by atoms with Crippen molar-refractivity contribution in [3.8, 4) is 6.07 Å². The second-order valence-electron chi connectivity index (χ2n) is 5.22. The minimum atomic E-state index is -0.395. The van der Waals surface area contributed by atoms with E-state index in [9.17, 15) is 4.79 Å². The minimum absolute atomic E-state index is 0.221. The van der Waals surface area contributed by atoms with Crippen molar-refractivity contribution in [2.75, 3.05) is 10.6 Å². The molecular formula is C19H15N5O. The highest BCUT2D eigenvalue weighted by Crippen LogP contribution is 2.15. The number of benzene rings is 2. The molecule has 0 aliphatic rings. The normalized spacial score (nSPS) is 9.88. The first-order valence-corrected chi connectivity index (χ1v) is 7.67. The number of amides is 1. The fraction of sp³-hybridized carbons (Fsp3) is 0.0526. The van der Waals surface area contributed by atoms with E-state index in [1.165, 1.54) is 12.3 Å². The molecule has 0 bridgehead atoms. The minimum Gasteiger partial charge on any atom is -0.350 e. The molecule has 3 aromatic rings. The first-order valence-electron chi connectivity index (χ1n) is 7.67. The number of nitrogens with zero attached hydrogens (tertiary/aromatic N) is 3. The Balaban J connectivity index is 1.70. The first-order chi connectivity index (χ1) is 12.3. The number of nitriles is 1. The van der Waals surface area contributed by atoms with Crippen molar-refractivity contribution < 1.29 is 4.79 Å². The smallest absolute Gasteiger partial charge is 0.274 e. The van der Waals surface area contributed by atoms with Crippen molar-refractivity contribution in [1.82, 2.24) is 9.97 Å². The number of carbonyl (C=O) groups excluding carboxylic acids is 1. The average molecular weight is 329 g/mol. The summed E-state index contributed by atoms with van der Waals surface area (Å²) in [5, 5.41) is 14.9. The van der Waals surface area contributed by atoms with E-state index < -0.39 is 5.91 Å². The zero-order chi connectivity index (χ0) is 17.5. The molecule has 2 aromatic carbocycles. The largest absolute Gasteiger partial charge is 0.350 e. The van der Waals surface area contributed by atoms with Crippen LogP contribution in [0.2, 0.25) is 0 Å². The highest BCUT2D eigenvalue weighted by molar-refractivity contribution is 6.03. The van der Waals surface area contributed by atoms with E-state index in [1.54, 1.807) is 24.3 Å². The van der Waals surface area contributed by atoms with Gasteiger partial charge in [0, 0.05) is 12.7 Å². The van der Waals surface area contributed by atoms with Gasteiger partial charge < -0.3 is 10.6 Å². The summed E-state index contributed by atoms with van der Waals surface area (Å²) in [6.45, 7) is 0.559. The number of rotatable bonds is 5. The van der Waals surface area contributed by atoms with Crippen LogP contribution in [0.1, 0.15) is 21.6 Å². The third-order valence-electron chi connectivity index (χ3n) is 3.48. The van der Waals surface area contributed by atoms with Gasteiger partial charge in [0.25, 0.3) is 5.91 Å². The Morgan fingerprint density at radius 3 is 2.60 bits per heavy atom. The maximum atomic E-state index is 12.4. The maximum absolute atomic E-state index is 12.4. The molecule has 2 N–H and O–H groups in total. The van der Waals surface area contributed by atoms with Crippen LogP contribution in [0.5, 0.6) is 0 Å². The summed E-state index contributed by atoms with van der Waals surface area (Å²) in [4.78, 5) is 20.7. The molecule has 6 heteroatoms. The van der Waals surface area contributed by atoms with Gasteiger partial charge in [0.15, 0.2) is 0 Å². The summed E-state index contributed by atoms with van der Waals surface area (Å²) in [5.74, 6) is -0.0297. The van der Waals surface area contributed by atoms with Gasteiger partial charge in [-0.2, -0.15) is 5.26 Å². The molecule has 0 radical (unpaired) electrons. The Morgan fingerprint density at radius 1 is 1.04 bits per heavy atom. The first kappa shape index (κ1) is 16.1. The van der Waals surface area contributed by atoms with Crippen molar-refractivity contribution in [2.45, 2.75) is 6.54 Å². The Labute approximate surface area is 145 Å². The number of para-hydroxylation sites is 1. The van der Waals surface area contributed by atoms with E-state index in [2.05, 4.69) is 20.6 Å².